The highest BCUT2D eigenvalue weighted by atomic mass is 16.5. The Hall–Kier alpha value is -1.12. The van der Waals surface area contributed by atoms with Crippen LogP contribution in [-0.4, -0.2) is 18.7 Å². The first-order chi connectivity index (χ1) is 3.83. The van der Waals surface area contributed by atoms with Crippen LogP contribution in [0.4, 0.5) is 0 Å². The molecule has 0 atom stereocenters. The Morgan fingerprint density at radius 2 is 2.50 bits per heavy atom. The molecule has 42 valence electrons. The van der Waals surface area contributed by atoms with Crippen LogP contribution in [0.1, 0.15) is 0 Å². The summed E-state index contributed by atoms with van der Waals surface area (Å²) in [5, 5.41) is 0. The van der Waals surface area contributed by atoms with Crippen molar-refractivity contribution in [3.05, 3.63) is 11.8 Å². The molecule has 0 spiro atoms. The molecule has 0 bridgehead atoms. The van der Waals surface area contributed by atoms with Gasteiger partial charge in [0.15, 0.2) is 24.4 Å². The Morgan fingerprint density at radius 3 is 2.75 bits per heavy atom. The second-order valence-corrected chi connectivity index (χ2v) is 1.42. The molecular formula is C5H4O3. The normalized spacial score (nSPS) is 17.5. The van der Waals surface area contributed by atoms with Crippen molar-refractivity contribution in [3.8, 4) is 0 Å². The van der Waals surface area contributed by atoms with E-state index < -0.39 is 0 Å². The number of carbonyl (C=O) groups excluding carboxylic acids is 2. The van der Waals surface area contributed by atoms with Crippen LogP contribution in [0.25, 0.3) is 0 Å². The fourth-order valence-corrected chi connectivity index (χ4v) is 0.465. The first kappa shape index (κ1) is 5.03. The van der Waals surface area contributed by atoms with Crippen LogP contribution < -0.4 is 0 Å². The van der Waals surface area contributed by atoms with E-state index in [1.54, 1.807) is 0 Å². The lowest BCUT2D eigenvalue weighted by Crippen LogP contribution is -1.93. The van der Waals surface area contributed by atoms with Gasteiger partial charge in [-0.25, -0.2) is 0 Å². The predicted octanol–water partition coefficient (Wildman–Crippen LogP) is -0.332. The van der Waals surface area contributed by atoms with Gasteiger partial charge < -0.3 is 4.74 Å². The van der Waals surface area contributed by atoms with Crippen LogP contribution >= 0.6 is 0 Å². The van der Waals surface area contributed by atoms with E-state index in [-0.39, 0.29) is 18.1 Å². The van der Waals surface area contributed by atoms with Crippen LogP contribution in [0, 0.1) is 0 Å². The van der Waals surface area contributed by atoms with Crippen molar-refractivity contribution in [3.63, 3.8) is 0 Å². The van der Waals surface area contributed by atoms with Crippen LogP contribution in [0.3, 0.4) is 0 Å². The lowest BCUT2D eigenvalue weighted by Gasteiger charge is -1.87. The highest BCUT2D eigenvalue weighted by Crippen LogP contribution is 2.01. The lowest BCUT2D eigenvalue weighted by molar-refractivity contribution is -0.115. The second kappa shape index (κ2) is 1.78. The average molecular weight is 112 g/mol. The topological polar surface area (TPSA) is 43.4 Å². The Bertz CT molecular complexity index is 157. The van der Waals surface area contributed by atoms with Crippen LogP contribution in [-0.2, 0) is 14.3 Å². The molecule has 0 N–H and O–H groups in total. The summed E-state index contributed by atoms with van der Waals surface area (Å²) in [5.74, 6) is -0.0119. The third kappa shape index (κ3) is 0.753. The fourth-order valence-electron chi connectivity index (χ4n) is 0.465. The summed E-state index contributed by atoms with van der Waals surface area (Å²) in [6, 6.07) is 0. The molecule has 0 radical (unpaired) electrons. The molecule has 3 heteroatoms. The summed E-state index contributed by atoms with van der Waals surface area (Å²) in [4.78, 5) is 20.1. The van der Waals surface area contributed by atoms with E-state index in [1.807, 2.05) is 0 Å². The van der Waals surface area contributed by atoms with Gasteiger partial charge in [-0.3, -0.25) is 9.59 Å². The van der Waals surface area contributed by atoms with Crippen LogP contribution in [0.2, 0.25) is 0 Å². The summed E-state index contributed by atoms with van der Waals surface area (Å²) in [6.07, 6.45) is 1.71. The maximum absolute atomic E-state index is 10.3. The Morgan fingerprint density at radius 1 is 1.75 bits per heavy atom. The number of ether oxygens (including phenoxy) is 1. The van der Waals surface area contributed by atoms with E-state index >= 15 is 0 Å². The SMILES string of the molecule is O=CC1=CC(=O)CO1. The molecule has 1 aliphatic rings. The van der Waals surface area contributed by atoms with Gasteiger partial charge in [0.25, 0.3) is 0 Å². The zero-order valence-corrected chi connectivity index (χ0v) is 4.09. The minimum Gasteiger partial charge on any atom is -0.482 e. The molecule has 8 heavy (non-hydrogen) atoms. The standard InChI is InChI=1S/C5H4O3/c6-2-5-1-4(7)3-8-5/h1-2H,3H2. The zero-order chi connectivity index (χ0) is 5.98. The van der Waals surface area contributed by atoms with Crippen LogP contribution in [0.5, 0.6) is 0 Å². The second-order valence-electron chi connectivity index (χ2n) is 1.42. The number of hydrogen-bond acceptors (Lipinski definition) is 3. The largest absolute Gasteiger partial charge is 0.482 e. The van der Waals surface area contributed by atoms with Crippen LogP contribution in [0.15, 0.2) is 11.8 Å². The first-order valence-electron chi connectivity index (χ1n) is 2.15. The predicted molar refractivity (Wildman–Crippen MR) is 25.1 cm³/mol. The summed E-state index contributed by atoms with van der Waals surface area (Å²) >= 11 is 0. The summed E-state index contributed by atoms with van der Waals surface area (Å²) in [7, 11) is 0. The minimum atomic E-state index is -0.146. The van der Waals surface area contributed by atoms with Crippen molar-refractivity contribution in [2.75, 3.05) is 6.61 Å². The zero-order valence-electron chi connectivity index (χ0n) is 4.09. The quantitative estimate of drug-likeness (QED) is 0.436. The maximum Gasteiger partial charge on any atom is 0.196 e. The van der Waals surface area contributed by atoms with E-state index in [2.05, 4.69) is 4.74 Å². The highest BCUT2D eigenvalue weighted by Gasteiger charge is 2.10. The van der Waals surface area contributed by atoms with Crippen molar-refractivity contribution in [1.29, 1.82) is 0 Å². The molecule has 0 saturated carbocycles. The van der Waals surface area contributed by atoms with Gasteiger partial charge >= 0.3 is 0 Å². The molecule has 0 aromatic carbocycles. The third-order valence-corrected chi connectivity index (χ3v) is 0.800. The molecule has 1 heterocycles. The van der Waals surface area contributed by atoms with Gasteiger partial charge in [-0.1, -0.05) is 0 Å². The smallest absolute Gasteiger partial charge is 0.196 e. The molecule has 0 unspecified atom stereocenters. The van der Waals surface area contributed by atoms with E-state index in [1.165, 1.54) is 6.08 Å². The Balaban J connectivity index is 2.70. The van der Waals surface area contributed by atoms with Crippen molar-refractivity contribution < 1.29 is 14.3 Å². The van der Waals surface area contributed by atoms with Crippen molar-refractivity contribution in [1.82, 2.24) is 0 Å². The average Bonchev–Trinajstić information content (AvgIpc) is 2.14. The fraction of sp³-hybridized carbons (Fsp3) is 0.200. The van der Waals surface area contributed by atoms with Gasteiger partial charge in [0, 0.05) is 6.08 Å². The van der Waals surface area contributed by atoms with Gasteiger partial charge in [-0.15, -0.1) is 0 Å². The van der Waals surface area contributed by atoms with E-state index in [4.69, 9.17) is 0 Å². The Labute approximate surface area is 45.9 Å². The highest BCUT2D eigenvalue weighted by molar-refractivity contribution is 5.97. The molecule has 3 nitrogen and oxygen atoms in total. The van der Waals surface area contributed by atoms with Gasteiger partial charge in [-0.2, -0.15) is 0 Å². The van der Waals surface area contributed by atoms with Crippen molar-refractivity contribution in [2.24, 2.45) is 0 Å². The number of carbonyl (C=O) groups is 2. The molecule has 0 saturated heterocycles. The molecule has 0 amide bonds. The summed E-state index contributed by atoms with van der Waals surface area (Å²) < 4.78 is 4.56. The Kier molecular flexibility index (Phi) is 1.12. The first-order valence-corrected chi connectivity index (χ1v) is 2.15. The molecule has 0 aromatic heterocycles. The van der Waals surface area contributed by atoms with E-state index in [0.29, 0.717) is 6.29 Å². The number of allylic oxidation sites excluding steroid dienone is 1. The lowest BCUT2D eigenvalue weighted by atomic mass is 10.4. The van der Waals surface area contributed by atoms with E-state index in [0.717, 1.165) is 0 Å². The molecule has 0 aliphatic carbocycles. The van der Waals surface area contributed by atoms with Gasteiger partial charge in [-0.05, 0) is 0 Å². The monoisotopic (exact) mass is 112 g/mol. The molecule has 0 aromatic rings. The molecule has 0 fully saturated rings. The minimum absolute atomic E-state index is 0.0219. The third-order valence-electron chi connectivity index (χ3n) is 0.800. The van der Waals surface area contributed by atoms with E-state index in [9.17, 15) is 9.59 Å². The van der Waals surface area contributed by atoms with Gasteiger partial charge in [0.05, 0.1) is 0 Å². The number of rotatable bonds is 1. The molecular weight excluding hydrogens is 108 g/mol. The molecule has 1 aliphatic heterocycles. The summed E-state index contributed by atoms with van der Waals surface area (Å²) in [5.41, 5.74) is 0. The summed E-state index contributed by atoms with van der Waals surface area (Å²) in [6.45, 7) is 0.0219. The maximum atomic E-state index is 10.3. The van der Waals surface area contributed by atoms with Gasteiger partial charge in [0.2, 0.25) is 0 Å². The number of ketones is 1. The van der Waals surface area contributed by atoms with Gasteiger partial charge in [0.1, 0.15) is 0 Å². The number of aldehydes is 1. The van der Waals surface area contributed by atoms with Crippen molar-refractivity contribution in [2.45, 2.75) is 0 Å². The van der Waals surface area contributed by atoms with Crippen molar-refractivity contribution >= 4 is 12.1 Å². The molecule has 1 rings (SSSR count). The number of hydrogen-bond donors (Lipinski definition) is 0.